The molecule has 3 aliphatic carbocycles. The minimum atomic E-state index is -1.04. The molecule has 6 aliphatic rings. The minimum Gasteiger partial charge on any atom is -0.504 e. The zero-order chi connectivity index (χ0) is 52.9. The Morgan fingerprint density at radius 3 is 2.07 bits per heavy atom. The van der Waals surface area contributed by atoms with Gasteiger partial charge in [0.05, 0.1) is 17.1 Å². The molecule has 4 fully saturated rings. The van der Waals surface area contributed by atoms with Gasteiger partial charge in [-0.3, -0.25) is 28.9 Å². The first-order valence-electron chi connectivity index (χ1n) is 27.4. The average Bonchev–Trinajstić information content (AvgIpc) is 4.26. The van der Waals surface area contributed by atoms with Gasteiger partial charge in [-0.05, 0) is 188 Å². The van der Waals surface area contributed by atoms with Crippen molar-refractivity contribution in [2.45, 2.75) is 128 Å². The lowest BCUT2D eigenvalue weighted by atomic mass is 9.48. The largest absolute Gasteiger partial charge is 0.504 e. The third-order valence-electron chi connectivity index (χ3n) is 16.6. The summed E-state index contributed by atoms with van der Waals surface area (Å²) < 4.78 is 17.5. The molecular formula is C58H77N7O10. The first-order valence-corrected chi connectivity index (χ1v) is 27.4. The molecule has 0 radical (unpaired) electrons. The molecule has 404 valence electrons. The van der Waals surface area contributed by atoms with Crippen LogP contribution >= 0.6 is 0 Å². The second-order valence-electron chi connectivity index (χ2n) is 21.6. The van der Waals surface area contributed by atoms with Crippen molar-refractivity contribution in [2.75, 3.05) is 84.1 Å². The zero-order valence-corrected chi connectivity index (χ0v) is 44.2. The topological polar surface area (TPSA) is 220 Å². The highest BCUT2D eigenvalue weighted by atomic mass is 16.5. The van der Waals surface area contributed by atoms with Gasteiger partial charge in [0, 0.05) is 55.6 Å². The lowest BCUT2D eigenvalue weighted by Gasteiger charge is -2.64. The summed E-state index contributed by atoms with van der Waals surface area (Å²) >= 11 is 0. The number of piperidine rings is 2. The normalized spacial score (nSPS) is 23.4. The summed E-state index contributed by atoms with van der Waals surface area (Å²) in [6.07, 6.45) is 8.26. The number of anilines is 1. The number of carbonyl (C=O) groups is 5. The number of ether oxygens (including phenoxy) is 3. The molecule has 1 spiro atoms. The van der Waals surface area contributed by atoms with Crippen LogP contribution in [0.25, 0.3) is 5.57 Å². The monoisotopic (exact) mass is 1030 g/mol. The highest BCUT2D eigenvalue weighted by Crippen LogP contribution is 2.65. The second-order valence-corrected chi connectivity index (χ2v) is 21.6. The second kappa shape index (κ2) is 23.6. The van der Waals surface area contributed by atoms with Crippen LogP contribution in [0.15, 0.2) is 54.1 Å². The van der Waals surface area contributed by atoms with Gasteiger partial charge < -0.3 is 55.9 Å². The highest BCUT2D eigenvalue weighted by Gasteiger charge is 2.73. The summed E-state index contributed by atoms with van der Waals surface area (Å²) in [5.41, 5.74) is 8.25. The third-order valence-corrected chi connectivity index (χ3v) is 16.6. The number of likely N-dealkylation sites (tertiary alicyclic amines) is 1. The Morgan fingerprint density at radius 1 is 0.800 bits per heavy atom. The molecular weight excluding hydrogens is 955 g/mol. The number of aliphatic hydroxyl groups is 1. The number of aryl methyl sites for hydroxylation is 2. The number of benzene rings is 3. The maximum absolute atomic E-state index is 13.2. The maximum Gasteiger partial charge on any atom is 0.253 e. The van der Waals surface area contributed by atoms with Crippen molar-refractivity contribution < 1.29 is 48.4 Å². The summed E-state index contributed by atoms with van der Waals surface area (Å²) in [5, 5.41) is 38.7. The summed E-state index contributed by atoms with van der Waals surface area (Å²) in [6, 6.07) is 15.0. The van der Waals surface area contributed by atoms with Crippen LogP contribution in [0.4, 0.5) is 5.69 Å². The molecule has 17 nitrogen and oxygen atoms in total. The molecule has 75 heavy (non-hydrogen) atoms. The van der Waals surface area contributed by atoms with E-state index in [-0.39, 0.29) is 67.8 Å². The Balaban J connectivity index is 0.648. The fourth-order valence-electron chi connectivity index (χ4n) is 12.9. The van der Waals surface area contributed by atoms with Crippen LogP contribution in [0.5, 0.6) is 11.5 Å². The number of nitrogens with one attached hydrogen (secondary N) is 5. The predicted octanol–water partition coefficient (Wildman–Crippen LogP) is 4.80. The van der Waals surface area contributed by atoms with Crippen LogP contribution in [0.2, 0.25) is 0 Å². The molecule has 5 atom stereocenters. The summed E-state index contributed by atoms with van der Waals surface area (Å²) in [5.74, 6) is -0.219. The Kier molecular flexibility index (Phi) is 17.0. The number of hydrogen-bond donors (Lipinski definition) is 7. The molecule has 7 N–H and O–H groups in total. The molecule has 2 bridgehead atoms. The van der Waals surface area contributed by atoms with Gasteiger partial charge in [0.1, 0.15) is 32.5 Å². The van der Waals surface area contributed by atoms with Crippen LogP contribution in [-0.4, -0.2) is 152 Å². The van der Waals surface area contributed by atoms with Gasteiger partial charge in [0.15, 0.2) is 11.5 Å². The molecule has 3 heterocycles. The van der Waals surface area contributed by atoms with Gasteiger partial charge in [-0.25, -0.2) is 0 Å². The average molecular weight is 1030 g/mol. The van der Waals surface area contributed by atoms with Crippen LogP contribution in [0, 0.1) is 19.8 Å². The predicted molar refractivity (Wildman–Crippen MR) is 285 cm³/mol. The van der Waals surface area contributed by atoms with E-state index in [4.69, 9.17) is 14.2 Å². The van der Waals surface area contributed by atoms with Gasteiger partial charge in [-0.2, -0.15) is 0 Å². The van der Waals surface area contributed by atoms with E-state index in [1.165, 1.54) is 24.0 Å². The number of amides is 5. The molecule has 3 aromatic rings. The van der Waals surface area contributed by atoms with Crippen molar-refractivity contribution in [2.24, 2.45) is 5.92 Å². The molecule has 3 aromatic carbocycles. The van der Waals surface area contributed by atoms with Crippen molar-refractivity contribution in [3.05, 3.63) is 93.0 Å². The number of aromatic hydroxyl groups is 1. The van der Waals surface area contributed by atoms with Crippen molar-refractivity contribution in [1.29, 1.82) is 0 Å². The van der Waals surface area contributed by atoms with Crippen LogP contribution in [0.3, 0.4) is 0 Å². The SMILES string of the molecule is CCN(CC)C(=O)c1ccc(C(=C2CCNCC2)c2c(C)cc(NC(=O)COCC(=O)NCCCCCNC(=O)COCC(=O)N[C@@H]3CC[C@@]4(O)[C@H]5Cc6ccc(O)c7c6[C@@]4(CCN5CC4CC4)[C@H]3O7)cc2C)cc1. The first kappa shape index (κ1) is 54.0. The maximum atomic E-state index is 13.2. The lowest BCUT2D eigenvalue weighted by Crippen LogP contribution is -2.78. The standard InChI is InChI=1S/C58H77N7O10/c1-5-64(6-2)56(71)41-14-12-39(13-15-41)52(40-19-25-59-26-20-40)51-36(3)28-43(29-37(51)4)62-49(69)34-73-32-47(67)60-23-8-7-9-24-61-48(68)33-74-35-50(70)63-44-18-21-58(72)46-30-42-16-17-45(66)54-53(42)57(58,55(44)75-54)22-27-65(46)31-38-10-11-38/h12-17,28-29,38,44,46,55,59,66,72H,5-11,18-27,30-35H2,1-4H3,(H,60,67)(H,61,68)(H,62,69)(H,63,70)/t44-,46-,55+,57+,58-/m1/s1. The Labute approximate surface area is 440 Å². The first-order chi connectivity index (χ1) is 36.2. The van der Waals surface area contributed by atoms with Gasteiger partial charge in [0.2, 0.25) is 23.6 Å². The van der Waals surface area contributed by atoms with E-state index in [9.17, 15) is 34.2 Å². The number of hydrogen-bond acceptors (Lipinski definition) is 12. The highest BCUT2D eigenvalue weighted by molar-refractivity contribution is 5.96. The van der Waals surface area contributed by atoms with Crippen LogP contribution < -0.4 is 31.3 Å². The van der Waals surface area contributed by atoms with Crippen molar-refractivity contribution in [1.82, 2.24) is 31.1 Å². The fourth-order valence-corrected chi connectivity index (χ4v) is 12.9. The number of carbonyl (C=O) groups excluding carboxylic acids is 5. The molecule has 9 rings (SSSR count). The number of rotatable bonds is 23. The molecule has 5 amide bonds. The summed E-state index contributed by atoms with van der Waals surface area (Å²) in [7, 11) is 0. The zero-order valence-electron chi connectivity index (χ0n) is 44.2. The number of phenolic OH excluding ortho intramolecular Hbond substituents is 1. The fraction of sp³-hybridized carbons (Fsp3) is 0.569. The molecule has 17 heteroatoms. The van der Waals surface area contributed by atoms with Gasteiger partial charge in [0.25, 0.3) is 5.91 Å². The Bertz CT molecular complexity index is 2620. The molecule has 2 saturated heterocycles. The summed E-state index contributed by atoms with van der Waals surface area (Å²) in [6.45, 7) is 12.7. The van der Waals surface area contributed by atoms with Gasteiger partial charge >= 0.3 is 0 Å². The van der Waals surface area contributed by atoms with E-state index in [2.05, 4.69) is 31.5 Å². The van der Waals surface area contributed by atoms with Crippen molar-refractivity contribution >= 4 is 40.8 Å². The van der Waals surface area contributed by atoms with Crippen LogP contribution in [0.1, 0.15) is 122 Å². The Hall–Kier alpha value is -5.85. The number of unbranched alkanes of at least 4 members (excludes halogenated alkanes) is 2. The van der Waals surface area contributed by atoms with E-state index >= 15 is 0 Å². The van der Waals surface area contributed by atoms with Crippen LogP contribution in [-0.2, 0) is 40.5 Å². The molecule has 0 unspecified atom stereocenters. The van der Waals surface area contributed by atoms with E-state index < -0.39 is 23.2 Å². The Morgan fingerprint density at radius 2 is 1.43 bits per heavy atom. The summed E-state index contributed by atoms with van der Waals surface area (Å²) in [4.78, 5) is 68.5. The van der Waals surface area contributed by atoms with Gasteiger partial charge in [-0.1, -0.05) is 23.8 Å². The van der Waals surface area contributed by atoms with Crippen molar-refractivity contribution in [3.8, 4) is 11.5 Å². The van der Waals surface area contributed by atoms with Gasteiger partial charge in [-0.15, -0.1) is 0 Å². The molecule has 2 saturated carbocycles. The third kappa shape index (κ3) is 11.5. The van der Waals surface area contributed by atoms with E-state index in [1.807, 2.05) is 75.1 Å². The smallest absolute Gasteiger partial charge is 0.253 e. The lowest BCUT2D eigenvalue weighted by molar-refractivity contribution is -0.192. The van der Waals surface area contributed by atoms with Crippen molar-refractivity contribution in [3.63, 3.8) is 0 Å². The number of nitrogens with zero attached hydrogens (tertiary/aromatic N) is 2. The number of phenols is 1. The quantitative estimate of drug-likeness (QED) is 0.0638. The van der Waals surface area contributed by atoms with E-state index in [1.54, 1.807) is 6.07 Å². The van der Waals surface area contributed by atoms with E-state index in [0.29, 0.717) is 87.6 Å². The van der Waals surface area contributed by atoms with E-state index in [0.717, 1.165) is 78.8 Å². The molecule has 0 aromatic heterocycles. The molecule has 3 aliphatic heterocycles. The minimum absolute atomic E-state index is 0.0225.